The van der Waals surface area contributed by atoms with Gasteiger partial charge in [-0.05, 0) is 36.4 Å². The third-order valence-electron chi connectivity index (χ3n) is 3.46. The van der Waals surface area contributed by atoms with Crippen molar-refractivity contribution < 1.29 is 0 Å². The number of pyridine rings is 1. The highest BCUT2D eigenvalue weighted by Gasteiger charge is 2.17. The highest BCUT2D eigenvalue weighted by molar-refractivity contribution is 7.10. The molecule has 0 bridgehead atoms. The molecule has 6 heteroatoms. The van der Waals surface area contributed by atoms with Gasteiger partial charge in [-0.1, -0.05) is 18.5 Å². The zero-order valence-electron chi connectivity index (χ0n) is 11.8. The Hall–Kier alpha value is -1.10. The number of hydrogen-bond donors (Lipinski definition) is 0. The standard InChI is InChI=1S/C15H15Cl2N3S/c1-3-10-4-5-21-13(10)8-20-14(9(2)16)19-12-6-11(17)7-18-15(12)20/h4-7,9H,3,8H2,1-2H3. The number of rotatable bonds is 4. The maximum atomic E-state index is 6.29. The Bertz CT molecular complexity index is 776. The van der Waals surface area contributed by atoms with Gasteiger partial charge in [0.15, 0.2) is 5.65 Å². The summed E-state index contributed by atoms with van der Waals surface area (Å²) in [6.45, 7) is 4.84. The van der Waals surface area contributed by atoms with E-state index in [4.69, 9.17) is 23.2 Å². The zero-order valence-corrected chi connectivity index (χ0v) is 14.1. The fraction of sp³-hybridized carbons (Fsp3) is 0.333. The van der Waals surface area contributed by atoms with Crippen molar-refractivity contribution in [2.45, 2.75) is 32.2 Å². The second-order valence-electron chi connectivity index (χ2n) is 4.89. The van der Waals surface area contributed by atoms with Gasteiger partial charge in [0.25, 0.3) is 0 Å². The topological polar surface area (TPSA) is 30.7 Å². The maximum absolute atomic E-state index is 6.29. The van der Waals surface area contributed by atoms with Crippen molar-refractivity contribution >= 4 is 45.7 Å². The molecule has 3 aromatic rings. The Kier molecular flexibility index (Phi) is 4.20. The largest absolute Gasteiger partial charge is 0.306 e. The fourth-order valence-corrected chi connectivity index (χ4v) is 3.71. The predicted octanol–water partition coefficient (Wildman–Crippen LogP) is 5.06. The van der Waals surface area contributed by atoms with Gasteiger partial charge >= 0.3 is 0 Å². The number of hydrogen-bond acceptors (Lipinski definition) is 3. The molecule has 0 fully saturated rings. The molecule has 1 atom stereocenters. The lowest BCUT2D eigenvalue weighted by molar-refractivity contribution is 0.739. The van der Waals surface area contributed by atoms with Gasteiger partial charge in [-0.25, -0.2) is 9.97 Å². The van der Waals surface area contributed by atoms with Crippen LogP contribution < -0.4 is 0 Å². The highest BCUT2D eigenvalue weighted by atomic mass is 35.5. The summed E-state index contributed by atoms with van der Waals surface area (Å²) in [6, 6.07) is 4.01. The van der Waals surface area contributed by atoms with E-state index in [1.54, 1.807) is 17.5 Å². The van der Waals surface area contributed by atoms with Crippen LogP contribution >= 0.6 is 34.5 Å². The minimum absolute atomic E-state index is 0.178. The monoisotopic (exact) mass is 339 g/mol. The maximum Gasteiger partial charge on any atom is 0.160 e. The van der Waals surface area contributed by atoms with Gasteiger partial charge in [-0.2, -0.15) is 0 Å². The minimum Gasteiger partial charge on any atom is -0.306 e. The van der Waals surface area contributed by atoms with Crippen molar-refractivity contribution in [3.8, 4) is 0 Å². The normalized spacial score (nSPS) is 13.0. The van der Waals surface area contributed by atoms with Gasteiger partial charge in [0.1, 0.15) is 11.3 Å². The first-order valence-corrected chi connectivity index (χ1v) is 8.50. The Morgan fingerprint density at radius 1 is 1.43 bits per heavy atom. The number of imidazole rings is 1. The van der Waals surface area contributed by atoms with Crippen LogP contribution in [0.5, 0.6) is 0 Å². The van der Waals surface area contributed by atoms with E-state index in [1.165, 1.54) is 10.4 Å². The second kappa shape index (κ2) is 5.95. The first-order chi connectivity index (χ1) is 10.1. The lowest BCUT2D eigenvalue weighted by Crippen LogP contribution is -2.06. The predicted molar refractivity (Wildman–Crippen MR) is 89.6 cm³/mol. The minimum atomic E-state index is -0.178. The van der Waals surface area contributed by atoms with E-state index in [2.05, 4.69) is 32.9 Å². The molecule has 0 saturated carbocycles. The van der Waals surface area contributed by atoms with E-state index in [-0.39, 0.29) is 5.38 Å². The van der Waals surface area contributed by atoms with Crippen LogP contribution in [0.4, 0.5) is 0 Å². The molecular weight excluding hydrogens is 325 g/mol. The number of thiophene rings is 1. The van der Waals surface area contributed by atoms with Crippen molar-refractivity contribution in [1.29, 1.82) is 0 Å². The van der Waals surface area contributed by atoms with E-state index in [9.17, 15) is 0 Å². The summed E-state index contributed by atoms with van der Waals surface area (Å²) in [7, 11) is 0. The summed E-state index contributed by atoms with van der Waals surface area (Å²) >= 11 is 14.1. The van der Waals surface area contributed by atoms with Crippen LogP contribution in [0.1, 0.15) is 35.5 Å². The molecule has 0 saturated heterocycles. The Morgan fingerprint density at radius 2 is 2.24 bits per heavy atom. The van der Waals surface area contributed by atoms with Crippen molar-refractivity contribution in [3.63, 3.8) is 0 Å². The molecule has 0 aromatic carbocycles. The quantitative estimate of drug-likeness (QED) is 0.622. The van der Waals surface area contributed by atoms with Crippen molar-refractivity contribution in [1.82, 2.24) is 14.5 Å². The summed E-state index contributed by atoms with van der Waals surface area (Å²) in [4.78, 5) is 10.4. The molecule has 110 valence electrons. The molecular formula is C15H15Cl2N3S. The number of aromatic nitrogens is 3. The molecule has 3 rings (SSSR count). The average Bonchev–Trinajstić information content (AvgIpc) is 3.03. The van der Waals surface area contributed by atoms with E-state index in [0.29, 0.717) is 5.02 Å². The first kappa shape index (κ1) is 14.8. The van der Waals surface area contributed by atoms with Gasteiger partial charge in [-0.15, -0.1) is 22.9 Å². The Labute approximate surface area is 137 Å². The van der Waals surface area contributed by atoms with Crippen molar-refractivity contribution in [3.05, 3.63) is 45.0 Å². The molecule has 1 unspecified atom stereocenters. The van der Waals surface area contributed by atoms with Crippen LogP contribution in [0.2, 0.25) is 5.02 Å². The summed E-state index contributed by atoms with van der Waals surface area (Å²) < 4.78 is 2.09. The van der Waals surface area contributed by atoms with Crippen LogP contribution in [-0.4, -0.2) is 14.5 Å². The van der Waals surface area contributed by atoms with Crippen molar-refractivity contribution in [2.75, 3.05) is 0 Å². The molecule has 0 aliphatic heterocycles. The van der Waals surface area contributed by atoms with Gasteiger partial charge in [-0.3, -0.25) is 0 Å². The summed E-state index contributed by atoms with van der Waals surface area (Å²) in [5.41, 5.74) is 2.99. The molecule has 0 radical (unpaired) electrons. The number of halogens is 2. The Morgan fingerprint density at radius 3 is 2.95 bits per heavy atom. The molecule has 0 aliphatic carbocycles. The molecule has 0 N–H and O–H groups in total. The van der Waals surface area contributed by atoms with Gasteiger partial charge in [0, 0.05) is 11.1 Å². The van der Waals surface area contributed by atoms with E-state index in [1.807, 2.05) is 13.0 Å². The lowest BCUT2D eigenvalue weighted by Gasteiger charge is -2.10. The number of aryl methyl sites for hydroxylation is 1. The van der Waals surface area contributed by atoms with Crippen LogP contribution in [-0.2, 0) is 13.0 Å². The first-order valence-electron chi connectivity index (χ1n) is 6.81. The van der Waals surface area contributed by atoms with Gasteiger partial charge in [0.05, 0.1) is 16.9 Å². The lowest BCUT2D eigenvalue weighted by atomic mass is 10.2. The number of nitrogens with zero attached hydrogens (tertiary/aromatic N) is 3. The molecule has 0 aliphatic rings. The van der Waals surface area contributed by atoms with E-state index >= 15 is 0 Å². The van der Waals surface area contributed by atoms with E-state index < -0.39 is 0 Å². The number of fused-ring (bicyclic) bond motifs is 1. The van der Waals surface area contributed by atoms with Crippen LogP contribution in [0.3, 0.4) is 0 Å². The molecule has 0 amide bonds. The van der Waals surface area contributed by atoms with Gasteiger partial charge in [0.2, 0.25) is 0 Å². The zero-order chi connectivity index (χ0) is 15.0. The fourth-order valence-electron chi connectivity index (χ4n) is 2.43. The molecule has 3 heterocycles. The third-order valence-corrected chi connectivity index (χ3v) is 4.81. The summed E-state index contributed by atoms with van der Waals surface area (Å²) in [5.74, 6) is 0.830. The molecule has 21 heavy (non-hydrogen) atoms. The Balaban J connectivity index is 2.13. The molecule has 3 aromatic heterocycles. The van der Waals surface area contributed by atoms with Crippen LogP contribution in [0.25, 0.3) is 11.2 Å². The SMILES string of the molecule is CCc1ccsc1Cn1c(C(C)Cl)nc2cc(Cl)cnc21. The van der Waals surface area contributed by atoms with Crippen LogP contribution in [0.15, 0.2) is 23.7 Å². The van der Waals surface area contributed by atoms with Crippen molar-refractivity contribution in [2.24, 2.45) is 0 Å². The molecule has 0 spiro atoms. The van der Waals surface area contributed by atoms with E-state index in [0.717, 1.165) is 30.0 Å². The number of alkyl halides is 1. The second-order valence-corrected chi connectivity index (χ2v) is 6.98. The third kappa shape index (κ3) is 2.80. The smallest absolute Gasteiger partial charge is 0.160 e. The summed E-state index contributed by atoms with van der Waals surface area (Å²) in [5, 5.41) is 2.54. The average molecular weight is 340 g/mol. The van der Waals surface area contributed by atoms with Gasteiger partial charge < -0.3 is 4.57 Å². The highest BCUT2D eigenvalue weighted by Crippen LogP contribution is 2.28. The summed E-state index contributed by atoms with van der Waals surface area (Å²) in [6.07, 6.45) is 2.68. The molecule has 3 nitrogen and oxygen atoms in total. The van der Waals surface area contributed by atoms with Crippen LogP contribution in [0, 0.1) is 0 Å².